The van der Waals surface area contributed by atoms with Gasteiger partial charge in [-0.1, -0.05) is 12.1 Å². The van der Waals surface area contributed by atoms with Crippen molar-refractivity contribution in [3.63, 3.8) is 0 Å². The number of fused-ring (bicyclic) bond motifs is 2. The molecule has 8 heteroatoms. The van der Waals surface area contributed by atoms with E-state index in [-0.39, 0.29) is 28.9 Å². The number of para-hydroxylation sites is 1. The summed E-state index contributed by atoms with van der Waals surface area (Å²) < 4.78 is 34.8. The number of amides is 1. The van der Waals surface area contributed by atoms with Crippen molar-refractivity contribution in [1.29, 1.82) is 0 Å². The zero-order chi connectivity index (χ0) is 19.9. The van der Waals surface area contributed by atoms with Crippen molar-refractivity contribution in [2.45, 2.75) is 42.7 Å². The molecule has 2 fully saturated rings. The van der Waals surface area contributed by atoms with Gasteiger partial charge >= 0.3 is 0 Å². The molecule has 7 nitrogen and oxygen atoms in total. The van der Waals surface area contributed by atoms with Crippen molar-refractivity contribution in [2.75, 3.05) is 40.3 Å². The number of benzene rings is 1. The Kier molecular flexibility index (Phi) is 5.37. The molecule has 1 aromatic carbocycles. The number of likely N-dealkylation sites (tertiary alicyclic amines) is 1. The quantitative estimate of drug-likeness (QED) is 0.755. The van der Waals surface area contributed by atoms with Gasteiger partial charge in [0.25, 0.3) is 0 Å². The van der Waals surface area contributed by atoms with Crippen molar-refractivity contribution < 1.29 is 17.9 Å². The molecule has 154 valence electrons. The van der Waals surface area contributed by atoms with Crippen LogP contribution in [0.5, 0.6) is 5.75 Å². The van der Waals surface area contributed by atoms with Gasteiger partial charge in [0.2, 0.25) is 15.9 Å². The molecule has 3 aliphatic rings. The fourth-order valence-corrected chi connectivity index (χ4v) is 5.94. The summed E-state index contributed by atoms with van der Waals surface area (Å²) in [6.07, 6.45) is 2.96. The lowest BCUT2D eigenvalue weighted by Crippen LogP contribution is -2.49. The van der Waals surface area contributed by atoms with Crippen LogP contribution in [0, 0.1) is 5.92 Å². The number of likely N-dealkylation sites (N-methyl/N-ethyl adjacent to an activating group) is 1. The molecule has 0 N–H and O–H groups in total. The molecule has 2 atom stereocenters. The summed E-state index contributed by atoms with van der Waals surface area (Å²) >= 11 is 0. The third-order valence-corrected chi connectivity index (χ3v) is 7.86. The molecule has 1 aliphatic carbocycles. The second kappa shape index (κ2) is 7.65. The molecule has 1 saturated heterocycles. The molecule has 28 heavy (non-hydrogen) atoms. The predicted molar refractivity (Wildman–Crippen MR) is 106 cm³/mol. The van der Waals surface area contributed by atoms with E-state index in [9.17, 15) is 13.2 Å². The Bertz CT molecular complexity index is 838. The number of sulfonamides is 1. The third kappa shape index (κ3) is 3.77. The number of carbonyl (C=O) groups is 1. The van der Waals surface area contributed by atoms with E-state index in [2.05, 4.69) is 0 Å². The molecule has 0 bridgehead atoms. The molecule has 2 aliphatic heterocycles. The van der Waals surface area contributed by atoms with Crippen molar-refractivity contribution in [1.82, 2.24) is 14.1 Å². The third-order valence-electron chi connectivity index (χ3n) is 5.90. The van der Waals surface area contributed by atoms with Gasteiger partial charge in [-0.2, -0.15) is 4.31 Å². The first-order valence-corrected chi connectivity index (χ1v) is 11.5. The molecule has 0 unspecified atom stereocenters. The normalized spacial score (nSPS) is 27.3. The van der Waals surface area contributed by atoms with Crippen LogP contribution in [0.1, 0.15) is 25.7 Å². The highest BCUT2D eigenvalue weighted by Crippen LogP contribution is 2.37. The van der Waals surface area contributed by atoms with Crippen molar-refractivity contribution >= 4 is 15.9 Å². The van der Waals surface area contributed by atoms with Crippen LogP contribution in [0.4, 0.5) is 0 Å². The van der Waals surface area contributed by atoms with Crippen molar-refractivity contribution in [2.24, 2.45) is 5.92 Å². The van der Waals surface area contributed by atoms with Crippen LogP contribution in [-0.4, -0.2) is 80.9 Å². The maximum atomic E-state index is 13.5. The number of hydrogen-bond acceptors (Lipinski definition) is 5. The van der Waals surface area contributed by atoms with Gasteiger partial charge in [0.1, 0.15) is 16.7 Å². The Labute approximate surface area is 167 Å². The second-order valence-electron chi connectivity index (χ2n) is 8.27. The van der Waals surface area contributed by atoms with Crippen molar-refractivity contribution in [3.05, 3.63) is 24.3 Å². The average molecular weight is 408 g/mol. The second-order valence-corrected chi connectivity index (χ2v) is 10.1. The SMILES string of the molecule is CN(C)CCN1[C@@H]2CCN(C(=O)C3CC3)CC[C@H]2Oc2ccccc2S1(=O)=O. The Morgan fingerprint density at radius 2 is 1.86 bits per heavy atom. The van der Waals surface area contributed by atoms with E-state index >= 15 is 0 Å². The van der Waals surface area contributed by atoms with E-state index in [1.54, 1.807) is 28.6 Å². The zero-order valence-electron chi connectivity index (χ0n) is 16.6. The maximum absolute atomic E-state index is 13.5. The smallest absolute Gasteiger partial charge is 0.247 e. The van der Waals surface area contributed by atoms with Crippen LogP contribution in [0.3, 0.4) is 0 Å². The summed E-state index contributed by atoms with van der Waals surface area (Å²) in [7, 11) is 0.215. The van der Waals surface area contributed by atoms with E-state index < -0.39 is 10.0 Å². The Balaban J connectivity index is 1.66. The van der Waals surface area contributed by atoms with Gasteiger partial charge in [0, 0.05) is 38.5 Å². The summed E-state index contributed by atoms with van der Waals surface area (Å²) in [6, 6.07) is 6.63. The van der Waals surface area contributed by atoms with E-state index in [4.69, 9.17) is 4.74 Å². The largest absolute Gasteiger partial charge is 0.487 e. The number of hydrogen-bond donors (Lipinski definition) is 0. The van der Waals surface area contributed by atoms with Crippen molar-refractivity contribution in [3.8, 4) is 5.75 Å². The number of nitrogens with zero attached hydrogens (tertiary/aromatic N) is 3. The van der Waals surface area contributed by atoms with Crippen LogP contribution in [0.2, 0.25) is 0 Å². The highest BCUT2D eigenvalue weighted by molar-refractivity contribution is 7.89. The first-order chi connectivity index (χ1) is 13.4. The number of rotatable bonds is 4. The molecule has 0 spiro atoms. The lowest BCUT2D eigenvalue weighted by Gasteiger charge is -2.32. The Morgan fingerprint density at radius 1 is 1.14 bits per heavy atom. The zero-order valence-corrected chi connectivity index (χ0v) is 17.4. The minimum atomic E-state index is -3.67. The summed E-state index contributed by atoms with van der Waals surface area (Å²) in [5.41, 5.74) is 0. The van der Waals surface area contributed by atoms with E-state index in [1.165, 1.54) is 0 Å². The summed E-state index contributed by atoms with van der Waals surface area (Å²) in [5.74, 6) is 0.824. The van der Waals surface area contributed by atoms with E-state index in [0.717, 1.165) is 12.8 Å². The maximum Gasteiger partial charge on any atom is 0.247 e. The highest BCUT2D eigenvalue weighted by atomic mass is 32.2. The lowest BCUT2D eigenvalue weighted by molar-refractivity contribution is -0.132. The van der Waals surface area contributed by atoms with Crippen LogP contribution in [0.15, 0.2) is 29.2 Å². The number of carbonyl (C=O) groups excluding carboxylic acids is 1. The van der Waals surface area contributed by atoms with Gasteiger partial charge in [0.15, 0.2) is 0 Å². The molecule has 0 aromatic heterocycles. The molecule has 1 saturated carbocycles. The monoisotopic (exact) mass is 407 g/mol. The van der Waals surface area contributed by atoms with E-state index in [0.29, 0.717) is 44.8 Å². The molecule has 1 aromatic rings. The van der Waals surface area contributed by atoms with Gasteiger partial charge in [-0.25, -0.2) is 8.42 Å². The Hall–Kier alpha value is -1.64. The minimum absolute atomic E-state index is 0.179. The van der Waals surface area contributed by atoms with Gasteiger partial charge in [-0.05, 0) is 45.5 Å². The molecule has 1 amide bonds. The Morgan fingerprint density at radius 3 is 2.57 bits per heavy atom. The fraction of sp³-hybridized carbons (Fsp3) is 0.650. The van der Waals surface area contributed by atoms with Gasteiger partial charge in [0.05, 0.1) is 6.04 Å². The van der Waals surface area contributed by atoms with E-state index in [1.807, 2.05) is 23.9 Å². The minimum Gasteiger partial charge on any atom is -0.487 e. The lowest BCUT2D eigenvalue weighted by atomic mass is 10.1. The molecule has 4 rings (SSSR count). The first-order valence-electron chi connectivity index (χ1n) is 10.1. The summed E-state index contributed by atoms with van der Waals surface area (Å²) in [5, 5.41) is 0. The molecule has 2 heterocycles. The molecular weight excluding hydrogens is 378 g/mol. The van der Waals surface area contributed by atoms with Crippen LogP contribution < -0.4 is 4.74 Å². The fourth-order valence-electron chi connectivity index (χ4n) is 4.15. The first kappa shape index (κ1) is 19.7. The van der Waals surface area contributed by atoms with Gasteiger partial charge < -0.3 is 14.5 Å². The number of ether oxygens (including phenoxy) is 1. The predicted octanol–water partition coefficient (Wildman–Crippen LogP) is 1.40. The van der Waals surface area contributed by atoms with Crippen LogP contribution in [0.25, 0.3) is 0 Å². The molecular formula is C20H29N3O4S. The standard InChI is InChI=1S/C20H29N3O4S/c1-21(2)13-14-23-16-9-11-22(20(24)15-7-8-15)12-10-17(16)27-18-5-3-4-6-19(18)28(23,25)26/h3-6,15-17H,7-14H2,1-2H3/t16-,17-/m1/s1. The molecule has 0 radical (unpaired) electrons. The van der Waals surface area contributed by atoms with Gasteiger partial charge in [-0.3, -0.25) is 4.79 Å². The van der Waals surface area contributed by atoms with Gasteiger partial charge in [-0.15, -0.1) is 0 Å². The van der Waals surface area contributed by atoms with Crippen LogP contribution in [-0.2, 0) is 14.8 Å². The summed E-state index contributed by atoms with van der Waals surface area (Å²) in [6.45, 7) is 2.25. The van der Waals surface area contributed by atoms with Crippen LogP contribution >= 0.6 is 0 Å². The average Bonchev–Trinajstić information content (AvgIpc) is 3.49. The highest BCUT2D eigenvalue weighted by Gasteiger charge is 2.44. The topological polar surface area (TPSA) is 70.2 Å². The summed E-state index contributed by atoms with van der Waals surface area (Å²) in [4.78, 5) is 16.7.